The van der Waals surface area contributed by atoms with Gasteiger partial charge in [0.2, 0.25) is 0 Å². The Hall–Kier alpha value is -4.90. The normalized spacial score (nSPS) is 10.7. The van der Waals surface area contributed by atoms with E-state index >= 15 is 0 Å². The summed E-state index contributed by atoms with van der Waals surface area (Å²) < 4.78 is 17.2. The minimum atomic E-state index is -0.425. The highest BCUT2D eigenvalue weighted by atomic mass is 16.6. The third kappa shape index (κ3) is 5.13. The van der Waals surface area contributed by atoms with E-state index < -0.39 is 5.97 Å². The summed E-state index contributed by atoms with van der Waals surface area (Å²) in [6.07, 6.45) is 0.864. The molecule has 38 heavy (non-hydrogen) atoms. The lowest BCUT2D eigenvalue weighted by atomic mass is 9.93. The number of esters is 1. The highest BCUT2D eigenvalue weighted by Crippen LogP contribution is 2.44. The van der Waals surface area contributed by atoms with E-state index in [-0.39, 0.29) is 6.61 Å². The second-order valence-electron chi connectivity index (χ2n) is 8.57. The molecule has 188 valence electrons. The lowest BCUT2D eigenvalue weighted by Gasteiger charge is -2.11. The fraction of sp³-hybridized carbons (Fsp3) is 0.0909. The summed E-state index contributed by atoms with van der Waals surface area (Å²) in [6.45, 7) is 1.88. The van der Waals surface area contributed by atoms with Crippen LogP contribution in [0.15, 0.2) is 114 Å². The van der Waals surface area contributed by atoms with Crippen LogP contribution in [0.25, 0.3) is 44.9 Å². The van der Waals surface area contributed by atoms with Crippen LogP contribution in [0.2, 0.25) is 0 Å². The number of carbonyl (C=O) groups excluding carboxylic acids is 2. The van der Waals surface area contributed by atoms with E-state index in [2.05, 4.69) is 0 Å². The van der Waals surface area contributed by atoms with Crippen molar-refractivity contribution >= 4 is 12.3 Å². The molecule has 0 saturated heterocycles. The first-order valence-corrected chi connectivity index (χ1v) is 12.4. The molecular formula is C33H26O5. The van der Waals surface area contributed by atoms with Gasteiger partial charge in [-0.2, -0.15) is 0 Å². The van der Waals surface area contributed by atoms with Gasteiger partial charge in [0.05, 0.1) is 12.2 Å². The molecule has 5 nitrogen and oxygen atoms in total. The maximum Gasteiger partial charge on any atom is 0.344 e. The Labute approximate surface area is 221 Å². The second kappa shape index (κ2) is 11.4. The van der Waals surface area contributed by atoms with Crippen molar-refractivity contribution in [1.82, 2.24) is 0 Å². The average molecular weight is 503 g/mol. The Kier molecular flexibility index (Phi) is 7.46. The van der Waals surface area contributed by atoms with Crippen LogP contribution in [-0.2, 0) is 9.53 Å². The Morgan fingerprint density at radius 2 is 1.37 bits per heavy atom. The summed E-state index contributed by atoms with van der Waals surface area (Å²) in [4.78, 5) is 24.4. The van der Waals surface area contributed by atoms with Crippen LogP contribution < -0.4 is 4.74 Å². The molecular weight excluding hydrogens is 476 g/mol. The first-order chi connectivity index (χ1) is 18.7. The van der Waals surface area contributed by atoms with Gasteiger partial charge in [0.25, 0.3) is 0 Å². The van der Waals surface area contributed by atoms with Gasteiger partial charge in [-0.15, -0.1) is 0 Å². The molecule has 1 heterocycles. The molecule has 5 rings (SSSR count). The van der Waals surface area contributed by atoms with Gasteiger partial charge in [0.15, 0.2) is 12.9 Å². The summed E-state index contributed by atoms with van der Waals surface area (Å²) in [5.41, 5.74) is 5.52. The maximum atomic E-state index is 12.6. The topological polar surface area (TPSA) is 65.7 Å². The van der Waals surface area contributed by atoms with Gasteiger partial charge >= 0.3 is 5.97 Å². The summed E-state index contributed by atoms with van der Waals surface area (Å²) in [5.74, 6) is 1.24. The molecule has 0 radical (unpaired) electrons. The molecule has 5 heteroatoms. The molecule has 0 unspecified atom stereocenters. The van der Waals surface area contributed by atoms with Crippen LogP contribution in [0, 0.1) is 0 Å². The van der Waals surface area contributed by atoms with Crippen molar-refractivity contribution < 1.29 is 23.5 Å². The van der Waals surface area contributed by atoms with Gasteiger partial charge in [-0.25, -0.2) is 4.79 Å². The van der Waals surface area contributed by atoms with Gasteiger partial charge in [0, 0.05) is 16.7 Å². The predicted molar refractivity (Wildman–Crippen MR) is 148 cm³/mol. The SMILES string of the molecule is CCOC(=O)COc1cccc(-c2ccccc2-c2oc(-c3ccccc3)c(-c3ccccc3)c2C=O)c1. The van der Waals surface area contributed by atoms with Crippen molar-refractivity contribution in [2.75, 3.05) is 13.2 Å². The molecule has 0 aliphatic carbocycles. The van der Waals surface area contributed by atoms with Crippen LogP contribution in [0.5, 0.6) is 5.75 Å². The summed E-state index contributed by atoms with van der Waals surface area (Å²) in [7, 11) is 0. The van der Waals surface area contributed by atoms with Gasteiger partial charge in [-0.3, -0.25) is 4.79 Å². The van der Waals surface area contributed by atoms with Gasteiger partial charge in [-0.1, -0.05) is 97.1 Å². The van der Waals surface area contributed by atoms with E-state index in [9.17, 15) is 9.59 Å². The van der Waals surface area contributed by atoms with E-state index in [4.69, 9.17) is 13.9 Å². The fourth-order valence-corrected chi connectivity index (χ4v) is 4.47. The maximum absolute atomic E-state index is 12.6. The zero-order valence-corrected chi connectivity index (χ0v) is 20.9. The minimum Gasteiger partial charge on any atom is -0.482 e. The van der Waals surface area contributed by atoms with Crippen LogP contribution in [0.3, 0.4) is 0 Å². The lowest BCUT2D eigenvalue weighted by molar-refractivity contribution is -0.145. The van der Waals surface area contributed by atoms with Crippen molar-refractivity contribution in [3.63, 3.8) is 0 Å². The number of ether oxygens (including phenoxy) is 2. The van der Waals surface area contributed by atoms with Crippen LogP contribution in [-0.4, -0.2) is 25.5 Å². The first-order valence-electron chi connectivity index (χ1n) is 12.4. The number of aldehydes is 1. The second-order valence-corrected chi connectivity index (χ2v) is 8.57. The zero-order valence-electron chi connectivity index (χ0n) is 20.9. The molecule has 0 fully saturated rings. The number of carbonyl (C=O) groups is 2. The molecule has 1 aromatic heterocycles. The van der Waals surface area contributed by atoms with Crippen molar-refractivity contribution in [2.24, 2.45) is 0 Å². The number of furan rings is 1. The van der Waals surface area contributed by atoms with Crippen LogP contribution >= 0.6 is 0 Å². The Balaban J connectivity index is 1.64. The predicted octanol–water partition coefficient (Wildman–Crippen LogP) is 7.70. The number of benzene rings is 4. The van der Waals surface area contributed by atoms with Gasteiger partial charge in [0.1, 0.15) is 17.3 Å². The largest absolute Gasteiger partial charge is 0.482 e. The molecule has 0 saturated carbocycles. The number of rotatable bonds is 9. The van der Waals surface area contributed by atoms with Crippen molar-refractivity contribution in [3.8, 4) is 50.7 Å². The molecule has 0 aliphatic heterocycles. The monoisotopic (exact) mass is 502 g/mol. The quantitative estimate of drug-likeness (QED) is 0.153. The molecule has 0 amide bonds. The Bertz CT molecular complexity index is 1550. The molecule has 0 atom stereocenters. The van der Waals surface area contributed by atoms with Crippen molar-refractivity contribution in [3.05, 3.63) is 115 Å². The third-order valence-electron chi connectivity index (χ3n) is 6.14. The lowest BCUT2D eigenvalue weighted by Crippen LogP contribution is -2.14. The highest BCUT2D eigenvalue weighted by Gasteiger charge is 2.25. The Morgan fingerprint density at radius 1 is 0.737 bits per heavy atom. The van der Waals surface area contributed by atoms with Crippen molar-refractivity contribution in [1.29, 1.82) is 0 Å². The summed E-state index contributed by atoms with van der Waals surface area (Å²) >= 11 is 0. The smallest absolute Gasteiger partial charge is 0.344 e. The molecule has 0 bridgehead atoms. The highest BCUT2D eigenvalue weighted by molar-refractivity contribution is 6.02. The summed E-state index contributed by atoms with van der Waals surface area (Å²) in [5, 5.41) is 0. The van der Waals surface area contributed by atoms with Gasteiger partial charge in [-0.05, 0) is 35.7 Å². The van der Waals surface area contributed by atoms with E-state index in [0.717, 1.165) is 39.7 Å². The van der Waals surface area contributed by atoms with E-state index in [1.54, 1.807) is 13.0 Å². The van der Waals surface area contributed by atoms with E-state index in [1.165, 1.54) is 0 Å². The molecule has 4 aromatic carbocycles. The van der Waals surface area contributed by atoms with E-state index in [1.807, 2.05) is 103 Å². The number of hydrogen-bond donors (Lipinski definition) is 0. The van der Waals surface area contributed by atoms with Crippen LogP contribution in [0.1, 0.15) is 17.3 Å². The fourth-order valence-electron chi connectivity index (χ4n) is 4.47. The average Bonchev–Trinajstić information content (AvgIpc) is 3.37. The number of hydrogen-bond acceptors (Lipinski definition) is 5. The van der Waals surface area contributed by atoms with E-state index in [0.29, 0.717) is 29.4 Å². The summed E-state index contributed by atoms with van der Waals surface area (Å²) in [6, 6.07) is 34.8. The standard InChI is InChI=1S/C33H26O5/c1-2-36-30(35)22-37-26-17-11-16-25(20-26)27-18-9-10-19-28(27)33-29(21-34)31(23-12-5-3-6-13-23)32(38-33)24-14-7-4-8-15-24/h3-21H,2,22H2,1H3. The molecule has 0 aliphatic rings. The molecule has 5 aromatic rings. The van der Waals surface area contributed by atoms with Gasteiger partial charge < -0.3 is 13.9 Å². The third-order valence-corrected chi connectivity index (χ3v) is 6.14. The minimum absolute atomic E-state index is 0.173. The zero-order chi connectivity index (χ0) is 26.3. The first kappa shape index (κ1) is 24.8. The Morgan fingerprint density at radius 3 is 2.05 bits per heavy atom. The molecule has 0 N–H and O–H groups in total. The molecule has 0 spiro atoms. The van der Waals surface area contributed by atoms with Crippen LogP contribution in [0.4, 0.5) is 0 Å². The van der Waals surface area contributed by atoms with Crippen molar-refractivity contribution in [2.45, 2.75) is 6.92 Å².